The maximum absolute atomic E-state index is 3.34. The SMILES string of the molecule is Br.Br.Pc1ccc(Br)cc1. The van der Waals surface area contributed by atoms with Crippen LogP contribution in [-0.4, -0.2) is 0 Å². The van der Waals surface area contributed by atoms with Crippen LogP contribution in [0.4, 0.5) is 0 Å². The lowest BCUT2D eigenvalue weighted by molar-refractivity contribution is 1.70. The quantitative estimate of drug-likeness (QED) is 0.631. The molecule has 0 heterocycles. The molecule has 0 aliphatic rings. The Morgan fingerprint density at radius 2 is 1.40 bits per heavy atom. The molecule has 0 N–H and O–H groups in total. The van der Waals surface area contributed by atoms with E-state index in [9.17, 15) is 0 Å². The molecule has 0 radical (unpaired) electrons. The van der Waals surface area contributed by atoms with Crippen molar-refractivity contribution in [3.05, 3.63) is 28.7 Å². The molecule has 0 bridgehead atoms. The Balaban J connectivity index is 0. The summed E-state index contributed by atoms with van der Waals surface area (Å²) in [7, 11) is 2.63. The van der Waals surface area contributed by atoms with Crippen molar-refractivity contribution in [1.29, 1.82) is 0 Å². The van der Waals surface area contributed by atoms with E-state index in [-0.39, 0.29) is 34.0 Å². The molecule has 0 aromatic heterocycles. The Morgan fingerprint density at radius 1 is 1.00 bits per heavy atom. The van der Waals surface area contributed by atoms with Crippen molar-refractivity contribution in [2.75, 3.05) is 0 Å². The number of hydrogen-bond acceptors (Lipinski definition) is 0. The van der Waals surface area contributed by atoms with E-state index in [0.29, 0.717) is 0 Å². The molecule has 0 fully saturated rings. The fourth-order valence-corrected chi connectivity index (χ4v) is 0.920. The van der Waals surface area contributed by atoms with Crippen LogP contribution in [0.25, 0.3) is 0 Å². The average molecular weight is 351 g/mol. The topological polar surface area (TPSA) is 0 Å². The lowest BCUT2D eigenvalue weighted by atomic mass is 10.4. The maximum atomic E-state index is 3.34. The summed E-state index contributed by atoms with van der Waals surface area (Å²) in [6.45, 7) is 0. The Kier molecular flexibility index (Phi) is 9.26. The van der Waals surface area contributed by atoms with Crippen LogP contribution in [0.2, 0.25) is 0 Å². The lowest BCUT2D eigenvalue weighted by Crippen LogP contribution is -1.84. The lowest BCUT2D eigenvalue weighted by Gasteiger charge is -1.88. The van der Waals surface area contributed by atoms with Gasteiger partial charge in [0.05, 0.1) is 0 Å². The van der Waals surface area contributed by atoms with Crippen molar-refractivity contribution >= 4 is 64.4 Å². The van der Waals surface area contributed by atoms with Crippen LogP contribution in [0.1, 0.15) is 0 Å². The molecular formula is C6H8Br3P. The van der Waals surface area contributed by atoms with Gasteiger partial charge < -0.3 is 0 Å². The van der Waals surface area contributed by atoms with Crippen molar-refractivity contribution in [2.45, 2.75) is 0 Å². The molecule has 1 atom stereocenters. The van der Waals surface area contributed by atoms with Crippen LogP contribution >= 0.6 is 59.1 Å². The smallest absolute Gasteiger partial charge is 0.0175 e. The van der Waals surface area contributed by atoms with Crippen LogP contribution in [0, 0.1) is 0 Å². The molecule has 0 aliphatic carbocycles. The number of benzene rings is 1. The molecule has 0 amide bonds. The van der Waals surface area contributed by atoms with Crippen LogP contribution in [-0.2, 0) is 0 Å². The minimum Gasteiger partial charge on any atom is -0.114 e. The van der Waals surface area contributed by atoms with Crippen molar-refractivity contribution in [3.63, 3.8) is 0 Å². The van der Waals surface area contributed by atoms with Gasteiger partial charge in [-0.3, -0.25) is 0 Å². The van der Waals surface area contributed by atoms with Crippen LogP contribution < -0.4 is 5.30 Å². The Bertz CT molecular complexity index is 152. The Morgan fingerprint density at radius 3 is 1.70 bits per heavy atom. The van der Waals surface area contributed by atoms with Crippen molar-refractivity contribution < 1.29 is 0 Å². The van der Waals surface area contributed by atoms with Gasteiger partial charge in [-0.2, -0.15) is 0 Å². The first-order valence-corrected chi connectivity index (χ1v) is 3.67. The van der Waals surface area contributed by atoms with Gasteiger partial charge in [0.1, 0.15) is 0 Å². The van der Waals surface area contributed by atoms with Crippen LogP contribution in [0.5, 0.6) is 0 Å². The summed E-state index contributed by atoms with van der Waals surface area (Å²) in [4.78, 5) is 0. The van der Waals surface area contributed by atoms with Gasteiger partial charge in [-0.25, -0.2) is 0 Å². The highest BCUT2D eigenvalue weighted by molar-refractivity contribution is 9.10. The summed E-state index contributed by atoms with van der Waals surface area (Å²) in [6.07, 6.45) is 0. The Hall–Kier alpha value is 1.09. The van der Waals surface area contributed by atoms with Gasteiger partial charge in [-0.15, -0.1) is 43.2 Å². The third-order valence-corrected chi connectivity index (χ3v) is 1.78. The van der Waals surface area contributed by atoms with Crippen LogP contribution in [0.3, 0.4) is 0 Å². The second-order valence-corrected chi connectivity index (χ2v) is 3.13. The number of halogens is 3. The van der Waals surface area contributed by atoms with Gasteiger partial charge in [-0.05, 0) is 17.4 Å². The zero-order valence-electron chi connectivity index (χ0n) is 5.08. The fourth-order valence-electron chi connectivity index (χ4n) is 0.463. The molecule has 1 aromatic rings. The predicted octanol–water partition coefficient (Wildman–Crippen LogP) is 3.11. The fraction of sp³-hybridized carbons (Fsp3) is 0. The average Bonchev–Trinajstić information content (AvgIpc) is 1.77. The number of rotatable bonds is 0. The van der Waals surface area contributed by atoms with E-state index in [0.717, 1.165) is 4.47 Å². The molecule has 0 saturated carbocycles. The molecule has 1 aromatic carbocycles. The molecule has 0 saturated heterocycles. The second kappa shape index (κ2) is 6.78. The maximum Gasteiger partial charge on any atom is 0.0175 e. The van der Waals surface area contributed by atoms with Gasteiger partial charge >= 0.3 is 0 Å². The van der Waals surface area contributed by atoms with E-state index in [1.165, 1.54) is 5.30 Å². The predicted molar refractivity (Wildman–Crippen MR) is 64.1 cm³/mol. The normalized spacial score (nSPS) is 7.40. The largest absolute Gasteiger partial charge is 0.114 e. The van der Waals surface area contributed by atoms with Crippen molar-refractivity contribution in [2.24, 2.45) is 0 Å². The second-order valence-electron chi connectivity index (χ2n) is 1.55. The summed E-state index contributed by atoms with van der Waals surface area (Å²) < 4.78 is 1.13. The standard InChI is InChI=1S/C6H6BrP.2BrH/c7-5-1-3-6(8)4-2-5;;/h1-4H,8H2;2*1H. The van der Waals surface area contributed by atoms with E-state index in [2.05, 4.69) is 25.2 Å². The van der Waals surface area contributed by atoms with Gasteiger partial charge in [0.15, 0.2) is 0 Å². The molecule has 1 unspecified atom stereocenters. The summed E-state index contributed by atoms with van der Waals surface area (Å²) in [5.41, 5.74) is 0. The minimum absolute atomic E-state index is 0. The van der Waals surface area contributed by atoms with E-state index >= 15 is 0 Å². The molecule has 0 nitrogen and oxygen atoms in total. The molecular weight excluding hydrogens is 343 g/mol. The molecule has 58 valence electrons. The number of hydrogen-bond donors (Lipinski definition) is 0. The molecule has 4 heteroatoms. The van der Waals surface area contributed by atoms with Crippen molar-refractivity contribution in [1.82, 2.24) is 0 Å². The highest BCUT2D eigenvalue weighted by atomic mass is 79.9. The minimum atomic E-state index is 0. The first kappa shape index (κ1) is 13.7. The van der Waals surface area contributed by atoms with Gasteiger partial charge in [0.2, 0.25) is 0 Å². The monoisotopic (exact) mass is 348 g/mol. The van der Waals surface area contributed by atoms with E-state index in [4.69, 9.17) is 0 Å². The first-order chi connectivity index (χ1) is 3.79. The zero-order chi connectivity index (χ0) is 5.98. The highest BCUT2D eigenvalue weighted by Gasteiger charge is 1.81. The van der Waals surface area contributed by atoms with E-state index in [1.807, 2.05) is 24.3 Å². The van der Waals surface area contributed by atoms with E-state index in [1.54, 1.807) is 0 Å². The third kappa shape index (κ3) is 4.84. The van der Waals surface area contributed by atoms with Crippen molar-refractivity contribution in [3.8, 4) is 0 Å². The summed E-state index contributed by atoms with van der Waals surface area (Å²) >= 11 is 3.34. The highest BCUT2D eigenvalue weighted by Crippen LogP contribution is 2.05. The van der Waals surface area contributed by atoms with E-state index < -0.39 is 0 Å². The van der Waals surface area contributed by atoms with Gasteiger partial charge in [0.25, 0.3) is 0 Å². The summed E-state index contributed by atoms with van der Waals surface area (Å²) in [5.74, 6) is 0. The Labute approximate surface area is 92.7 Å². The molecule has 1 rings (SSSR count). The molecule has 0 aliphatic heterocycles. The summed E-state index contributed by atoms with van der Waals surface area (Å²) in [5, 5.41) is 1.22. The van der Waals surface area contributed by atoms with Gasteiger partial charge in [-0.1, -0.05) is 28.1 Å². The molecule has 0 spiro atoms. The molecule has 10 heavy (non-hydrogen) atoms. The first-order valence-electron chi connectivity index (χ1n) is 2.30. The summed E-state index contributed by atoms with van der Waals surface area (Å²) in [6, 6.07) is 8.11. The van der Waals surface area contributed by atoms with Gasteiger partial charge in [0, 0.05) is 4.47 Å². The third-order valence-electron chi connectivity index (χ3n) is 0.870. The van der Waals surface area contributed by atoms with Crippen LogP contribution in [0.15, 0.2) is 28.7 Å². The zero-order valence-corrected chi connectivity index (χ0v) is 11.2.